The van der Waals surface area contributed by atoms with Crippen molar-refractivity contribution < 1.29 is 43.8 Å². The number of piperazine rings is 1. The Bertz CT molecular complexity index is 3260. The van der Waals surface area contributed by atoms with Crippen LogP contribution in [-0.2, 0) is 33.5 Å². The van der Waals surface area contributed by atoms with Crippen LogP contribution in [0, 0.1) is 6.92 Å². The predicted octanol–water partition coefficient (Wildman–Crippen LogP) is 11.0. The van der Waals surface area contributed by atoms with Gasteiger partial charge in [-0.05, 0) is 117 Å². The molecule has 2 atom stereocenters. The Morgan fingerprint density at radius 1 is 0.747 bits per heavy atom. The lowest BCUT2D eigenvalue weighted by Crippen LogP contribution is -2.46. The van der Waals surface area contributed by atoms with Crippen molar-refractivity contribution in [3.8, 4) is 22.4 Å². The molecule has 5 aromatic carbocycles. The summed E-state index contributed by atoms with van der Waals surface area (Å²) >= 11 is 7.81. The Hall–Kier alpha value is -4.98. The first-order valence-corrected chi connectivity index (χ1v) is 31.2. The standard InChI is InChI=1S/C54H61ClF3N6O7PS3/c1-38(2)64-39(3)53(74(4,66)67)51(52(64)40-13-15-42(55)16-14-40)41-9-8-10-46(35-41)62-27-25-61(26-28-62)44-17-19-45(20-18-44)63-31-34-71-72(63,65)47-21-22-49(50(36-47)75(68,69)54(56,57)58)59-43(23-24-60-29-32-70-33-30-60)37-73-48-11-6-5-7-12-48/h5-22,35-36,38,43,59H,23-34,37H2,1-4H3/t43-,72-/m1/s1. The Kier molecular flexibility index (Phi) is 16.5. The molecular weight excluding hydrogens is 1060 g/mol. The molecule has 3 saturated heterocycles. The second kappa shape index (κ2) is 22.5. The monoisotopic (exact) mass is 1120 g/mol. The van der Waals surface area contributed by atoms with E-state index in [1.807, 2.05) is 106 Å². The van der Waals surface area contributed by atoms with Crippen LogP contribution in [0.15, 0.2) is 136 Å². The number of thioether (sulfide) groups is 1. The van der Waals surface area contributed by atoms with Gasteiger partial charge in [-0.3, -0.25) is 14.1 Å². The second-order valence-electron chi connectivity index (χ2n) is 19.2. The summed E-state index contributed by atoms with van der Waals surface area (Å²) in [5.74, 6) is 0.438. The third-order valence-electron chi connectivity index (χ3n) is 13.9. The maximum absolute atomic E-state index is 15.0. The maximum Gasteiger partial charge on any atom is 0.501 e. The number of alkyl halides is 3. The minimum Gasteiger partial charge on any atom is -0.380 e. The van der Waals surface area contributed by atoms with Crippen LogP contribution in [0.2, 0.25) is 5.02 Å². The average molecular weight is 1130 g/mol. The van der Waals surface area contributed by atoms with Gasteiger partial charge in [0.25, 0.3) is 9.84 Å². The Balaban J connectivity index is 0.930. The van der Waals surface area contributed by atoms with Crippen LogP contribution < -0.4 is 25.1 Å². The van der Waals surface area contributed by atoms with Crippen molar-refractivity contribution in [1.29, 1.82) is 0 Å². The van der Waals surface area contributed by atoms with E-state index in [2.05, 4.69) is 30.6 Å². The van der Waals surface area contributed by atoms with E-state index in [4.69, 9.17) is 20.9 Å². The highest BCUT2D eigenvalue weighted by Gasteiger charge is 2.49. The number of morpholine rings is 1. The van der Waals surface area contributed by atoms with Gasteiger partial charge in [0, 0.05) is 108 Å². The molecule has 3 aliphatic rings. The molecule has 4 heterocycles. The average Bonchev–Trinajstić information content (AvgIpc) is 3.96. The summed E-state index contributed by atoms with van der Waals surface area (Å²) in [4.78, 5) is 6.94. The lowest BCUT2D eigenvalue weighted by Gasteiger charge is -2.37. The van der Waals surface area contributed by atoms with Crippen molar-refractivity contribution >= 4 is 78.6 Å². The van der Waals surface area contributed by atoms with Crippen LogP contribution in [0.5, 0.6) is 0 Å². The Labute approximate surface area is 447 Å². The first kappa shape index (κ1) is 54.8. The highest BCUT2D eigenvalue weighted by molar-refractivity contribution is 7.99. The smallest absolute Gasteiger partial charge is 0.380 e. The van der Waals surface area contributed by atoms with Crippen LogP contribution in [0.25, 0.3) is 22.4 Å². The van der Waals surface area contributed by atoms with Crippen LogP contribution in [0.4, 0.5) is 35.9 Å². The summed E-state index contributed by atoms with van der Waals surface area (Å²) in [5.41, 5.74) is 0.251. The fourth-order valence-corrected chi connectivity index (χ4v) is 15.9. The number of hydrogen-bond acceptors (Lipinski definition) is 12. The molecule has 0 bridgehead atoms. The first-order valence-electron chi connectivity index (χ1n) is 24.9. The number of nitrogens with one attached hydrogen (secondary N) is 1. The molecule has 1 N–H and O–H groups in total. The van der Waals surface area contributed by atoms with Crippen molar-refractivity contribution in [3.05, 3.63) is 132 Å². The molecule has 0 amide bonds. The summed E-state index contributed by atoms with van der Waals surface area (Å²) in [7, 11) is -13.7. The highest BCUT2D eigenvalue weighted by Crippen LogP contribution is 2.56. The fourth-order valence-electron chi connectivity index (χ4n) is 10.3. The van der Waals surface area contributed by atoms with Gasteiger partial charge >= 0.3 is 13.0 Å². The molecule has 0 radical (unpaired) electrons. The number of anilines is 4. The lowest BCUT2D eigenvalue weighted by atomic mass is 10.00. The van der Waals surface area contributed by atoms with Gasteiger partial charge in [-0.25, -0.2) is 16.8 Å². The van der Waals surface area contributed by atoms with Crippen molar-refractivity contribution in [3.63, 3.8) is 0 Å². The zero-order valence-electron chi connectivity index (χ0n) is 42.2. The molecule has 13 nitrogen and oxygen atoms in total. The zero-order chi connectivity index (χ0) is 53.3. The van der Waals surface area contributed by atoms with E-state index in [0.717, 1.165) is 39.2 Å². The second-order valence-corrected chi connectivity index (χ2v) is 26.9. The van der Waals surface area contributed by atoms with Crippen LogP contribution in [-0.4, -0.2) is 122 Å². The summed E-state index contributed by atoms with van der Waals surface area (Å²) < 4.78 is 127. The van der Waals surface area contributed by atoms with Gasteiger partial charge in [0.1, 0.15) is 4.90 Å². The Morgan fingerprint density at radius 2 is 1.40 bits per heavy atom. The maximum atomic E-state index is 15.0. The van der Waals surface area contributed by atoms with Crippen LogP contribution in [0.1, 0.15) is 32.0 Å². The molecule has 21 heteroatoms. The summed E-state index contributed by atoms with van der Waals surface area (Å²) in [6.45, 7) is 11.9. The highest BCUT2D eigenvalue weighted by atomic mass is 35.5. The molecule has 0 spiro atoms. The van der Waals surface area contributed by atoms with Gasteiger partial charge in [-0.2, -0.15) is 13.2 Å². The SMILES string of the molecule is Cc1c(S(C)(=O)=O)c(-c2cccc(N3CCN(c4ccc(N5CCO[P@]5(=O)c5ccc(N[C@H](CCN6CCOCC6)CSc6ccccc6)c(S(=O)(=O)C(F)(F)F)c5)cc4)CC3)c2)c(-c2ccc(Cl)cc2)n1C(C)C. The normalized spacial score (nSPS) is 18.5. The van der Waals surface area contributed by atoms with E-state index >= 15 is 0 Å². The molecular formula is C54H61ClF3N6O7PS3. The third-order valence-corrected chi connectivity index (χ3v) is 20.6. The predicted molar refractivity (Wildman–Crippen MR) is 296 cm³/mol. The lowest BCUT2D eigenvalue weighted by molar-refractivity contribution is -0.0435. The minimum atomic E-state index is -5.92. The number of halogens is 4. The molecule has 0 saturated carbocycles. The van der Waals surface area contributed by atoms with Gasteiger partial charge in [0.05, 0.1) is 47.9 Å². The number of aromatic nitrogens is 1. The van der Waals surface area contributed by atoms with Crippen molar-refractivity contribution in [2.45, 2.75) is 59.5 Å². The molecule has 0 aliphatic carbocycles. The van der Waals surface area contributed by atoms with Gasteiger partial charge < -0.3 is 28.9 Å². The van der Waals surface area contributed by atoms with Gasteiger partial charge in [0.15, 0.2) is 9.84 Å². The Morgan fingerprint density at radius 3 is 2.04 bits per heavy atom. The number of hydrogen-bond donors (Lipinski definition) is 1. The van der Waals surface area contributed by atoms with Crippen molar-refractivity contribution in [2.75, 3.05) is 104 Å². The fraction of sp³-hybridized carbons (Fsp3) is 0.370. The van der Waals surface area contributed by atoms with E-state index < -0.39 is 43.6 Å². The van der Waals surface area contributed by atoms with Gasteiger partial charge in [-0.15, -0.1) is 11.8 Å². The summed E-state index contributed by atoms with van der Waals surface area (Å²) in [5, 5.41) is 3.57. The molecule has 75 heavy (non-hydrogen) atoms. The molecule has 3 aliphatic heterocycles. The number of ether oxygens (including phenoxy) is 1. The van der Waals surface area contributed by atoms with E-state index in [1.54, 1.807) is 12.1 Å². The number of sulfone groups is 2. The molecule has 9 rings (SSSR count). The number of rotatable bonds is 17. The summed E-state index contributed by atoms with van der Waals surface area (Å²) in [6.07, 6.45) is 1.77. The molecule has 6 aromatic rings. The topological polar surface area (TPSA) is 134 Å². The van der Waals surface area contributed by atoms with Crippen LogP contribution >= 0.6 is 30.9 Å². The van der Waals surface area contributed by atoms with E-state index in [9.17, 15) is 34.6 Å². The van der Waals surface area contributed by atoms with Gasteiger partial charge in [-0.1, -0.05) is 54.1 Å². The van der Waals surface area contributed by atoms with E-state index in [-0.39, 0.29) is 30.2 Å². The number of nitrogens with zero attached hydrogens (tertiary/aromatic N) is 5. The van der Waals surface area contributed by atoms with Crippen molar-refractivity contribution in [2.24, 2.45) is 0 Å². The zero-order valence-corrected chi connectivity index (χ0v) is 46.3. The molecule has 1 aromatic heterocycles. The van der Waals surface area contributed by atoms with E-state index in [1.165, 1.54) is 34.8 Å². The third kappa shape index (κ3) is 11.8. The minimum absolute atomic E-state index is 0.00500. The van der Waals surface area contributed by atoms with Crippen LogP contribution in [0.3, 0.4) is 0 Å². The molecule has 0 unspecified atom stereocenters. The largest absolute Gasteiger partial charge is 0.501 e. The first-order chi connectivity index (χ1) is 35.7. The van der Waals surface area contributed by atoms with E-state index in [0.29, 0.717) is 98.1 Å². The molecule has 400 valence electrons. The number of benzene rings is 5. The van der Waals surface area contributed by atoms with Gasteiger partial charge in [0.2, 0.25) is 0 Å². The molecule has 3 fully saturated rings. The quantitative estimate of drug-likeness (QED) is 0.0687. The summed E-state index contributed by atoms with van der Waals surface area (Å²) in [6, 6.07) is 35.5. The van der Waals surface area contributed by atoms with Crippen molar-refractivity contribution in [1.82, 2.24) is 9.47 Å².